The van der Waals surface area contributed by atoms with Gasteiger partial charge in [-0.05, 0) is 32.4 Å². The van der Waals surface area contributed by atoms with Crippen molar-refractivity contribution < 1.29 is 19.0 Å². The molecular formula is C17H25NO4. The summed E-state index contributed by atoms with van der Waals surface area (Å²) in [6.07, 6.45) is 3.03. The van der Waals surface area contributed by atoms with E-state index in [0.717, 1.165) is 42.9 Å². The van der Waals surface area contributed by atoms with Crippen LogP contribution in [0.3, 0.4) is 0 Å². The SMILES string of the molecule is CCOC(=O)C1CCCCN1Cc1ccc(OC)cc1OC. The maximum Gasteiger partial charge on any atom is 0.323 e. The van der Waals surface area contributed by atoms with Crippen molar-refractivity contribution in [3.05, 3.63) is 23.8 Å². The predicted octanol–water partition coefficient (Wildman–Crippen LogP) is 2.62. The lowest BCUT2D eigenvalue weighted by Crippen LogP contribution is -2.45. The molecule has 22 heavy (non-hydrogen) atoms. The van der Waals surface area contributed by atoms with E-state index in [2.05, 4.69) is 4.90 Å². The molecule has 1 aromatic rings. The summed E-state index contributed by atoms with van der Waals surface area (Å²) in [6.45, 7) is 3.85. The number of ether oxygens (including phenoxy) is 3. The third-order valence-electron chi connectivity index (χ3n) is 4.04. The Morgan fingerprint density at radius 3 is 2.77 bits per heavy atom. The maximum atomic E-state index is 12.1. The number of methoxy groups -OCH3 is 2. The highest BCUT2D eigenvalue weighted by Crippen LogP contribution is 2.28. The number of carbonyl (C=O) groups is 1. The third-order valence-corrected chi connectivity index (χ3v) is 4.04. The standard InChI is InChI=1S/C17H25NO4/c1-4-22-17(19)15-7-5-6-10-18(15)12-13-8-9-14(20-2)11-16(13)21-3/h8-9,11,15H,4-7,10,12H2,1-3H3. The molecule has 0 bridgehead atoms. The van der Waals surface area contributed by atoms with E-state index in [-0.39, 0.29) is 12.0 Å². The van der Waals surface area contributed by atoms with Crippen molar-refractivity contribution >= 4 is 5.97 Å². The van der Waals surface area contributed by atoms with Crippen molar-refractivity contribution in [3.63, 3.8) is 0 Å². The molecule has 0 aliphatic carbocycles. The van der Waals surface area contributed by atoms with Crippen LogP contribution in [0, 0.1) is 0 Å². The van der Waals surface area contributed by atoms with Crippen LogP contribution in [0.4, 0.5) is 0 Å². The molecule has 0 N–H and O–H groups in total. The van der Waals surface area contributed by atoms with Gasteiger partial charge < -0.3 is 14.2 Å². The van der Waals surface area contributed by atoms with Gasteiger partial charge in [-0.15, -0.1) is 0 Å². The van der Waals surface area contributed by atoms with Crippen LogP contribution >= 0.6 is 0 Å². The van der Waals surface area contributed by atoms with E-state index in [1.807, 2.05) is 25.1 Å². The first-order valence-corrected chi connectivity index (χ1v) is 7.81. The molecule has 0 aromatic heterocycles. The number of esters is 1. The van der Waals surface area contributed by atoms with E-state index in [0.29, 0.717) is 13.2 Å². The Morgan fingerprint density at radius 1 is 1.27 bits per heavy atom. The molecule has 1 unspecified atom stereocenters. The molecule has 1 saturated heterocycles. The second-order valence-electron chi connectivity index (χ2n) is 5.41. The summed E-state index contributed by atoms with van der Waals surface area (Å²) in [6, 6.07) is 5.63. The molecule has 1 aliphatic heterocycles. The highest BCUT2D eigenvalue weighted by molar-refractivity contribution is 5.75. The molecule has 1 fully saturated rings. The van der Waals surface area contributed by atoms with Gasteiger partial charge in [0.2, 0.25) is 0 Å². The van der Waals surface area contributed by atoms with Gasteiger partial charge in [0, 0.05) is 18.2 Å². The Kier molecular flexibility index (Phi) is 6.07. The van der Waals surface area contributed by atoms with Crippen LogP contribution < -0.4 is 9.47 Å². The summed E-state index contributed by atoms with van der Waals surface area (Å²) in [5.41, 5.74) is 1.06. The Labute approximate surface area is 132 Å². The van der Waals surface area contributed by atoms with Gasteiger partial charge in [0.25, 0.3) is 0 Å². The van der Waals surface area contributed by atoms with Crippen molar-refractivity contribution in [2.45, 2.75) is 38.8 Å². The van der Waals surface area contributed by atoms with E-state index in [4.69, 9.17) is 14.2 Å². The first-order chi connectivity index (χ1) is 10.7. The lowest BCUT2D eigenvalue weighted by Gasteiger charge is -2.34. The monoisotopic (exact) mass is 307 g/mol. The molecule has 5 heteroatoms. The van der Waals surface area contributed by atoms with Gasteiger partial charge in [0.05, 0.1) is 20.8 Å². The van der Waals surface area contributed by atoms with Gasteiger partial charge >= 0.3 is 5.97 Å². The molecule has 2 rings (SSSR count). The van der Waals surface area contributed by atoms with E-state index >= 15 is 0 Å². The largest absolute Gasteiger partial charge is 0.497 e. The van der Waals surface area contributed by atoms with Crippen LogP contribution in [0.25, 0.3) is 0 Å². The number of likely N-dealkylation sites (tertiary alicyclic amines) is 1. The highest BCUT2D eigenvalue weighted by atomic mass is 16.5. The smallest absolute Gasteiger partial charge is 0.323 e. The van der Waals surface area contributed by atoms with E-state index in [1.54, 1.807) is 14.2 Å². The molecule has 0 saturated carbocycles. The van der Waals surface area contributed by atoms with Gasteiger partial charge in [0.1, 0.15) is 17.5 Å². The highest BCUT2D eigenvalue weighted by Gasteiger charge is 2.30. The van der Waals surface area contributed by atoms with Crippen molar-refractivity contribution in [2.24, 2.45) is 0 Å². The minimum atomic E-state index is -0.152. The Bertz CT molecular complexity index is 503. The minimum absolute atomic E-state index is 0.116. The lowest BCUT2D eigenvalue weighted by molar-refractivity contribution is -0.151. The number of hydrogen-bond donors (Lipinski definition) is 0. The van der Waals surface area contributed by atoms with Gasteiger partial charge in [-0.2, -0.15) is 0 Å². The molecular weight excluding hydrogens is 282 g/mol. The maximum absolute atomic E-state index is 12.1. The molecule has 0 spiro atoms. The average Bonchev–Trinajstić information content (AvgIpc) is 2.56. The summed E-state index contributed by atoms with van der Waals surface area (Å²) in [5, 5.41) is 0. The van der Waals surface area contributed by atoms with Gasteiger partial charge in [0.15, 0.2) is 0 Å². The molecule has 1 aliphatic rings. The summed E-state index contributed by atoms with van der Waals surface area (Å²) in [4.78, 5) is 14.3. The van der Waals surface area contributed by atoms with Crippen LogP contribution in [-0.2, 0) is 16.1 Å². The third kappa shape index (κ3) is 3.91. The molecule has 0 amide bonds. The molecule has 5 nitrogen and oxygen atoms in total. The van der Waals surface area contributed by atoms with Crippen LogP contribution in [0.15, 0.2) is 18.2 Å². The fourth-order valence-corrected chi connectivity index (χ4v) is 2.89. The zero-order valence-electron chi connectivity index (χ0n) is 13.6. The second-order valence-corrected chi connectivity index (χ2v) is 5.41. The zero-order chi connectivity index (χ0) is 15.9. The van der Waals surface area contributed by atoms with Crippen LogP contribution in [-0.4, -0.2) is 44.3 Å². The summed E-state index contributed by atoms with van der Waals surface area (Å²) >= 11 is 0. The number of rotatable bonds is 6. The van der Waals surface area contributed by atoms with E-state index in [9.17, 15) is 4.79 Å². The minimum Gasteiger partial charge on any atom is -0.497 e. The van der Waals surface area contributed by atoms with Crippen LogP contribution in [0.2, 0.25) is 0 Å². The van der Waals surface area contributed by atoms with Gasteiger partial charge in [-0.3, -0.25) is 9.69 Å². The van der Waals surface area contributed by atoms with Crippen molar-refractivity contribution in [1.82, 2.24) is 4.90 Å². The van der Waals surface area contributed by atoms with E-state index in [1.165, 1.54) is 0 Å². The Balaban J connectivity index is 2.14. The van der Waals surface area contributed by atoms with Crippen molar-refractivity contribution in [3.8, 4) is 11.5 Å². The fourth-order valence-electron chi connectivity index (χ4n) is 2.89. The Morgan fingerprint density at radius 2 is 2.09 bits per heavy atom. The average molecular weight is 307 g/mol. The van der Waals surface area contributed by atoms with E-state index < -0.39 is 0 Å². The van der Waals surface area contributed by atoms with Crippen molar-refractivity contribution in [2.75, 3.05) is 27.4 Å². The van der Waals surface area contributed by atoms with Crippen molar-refractivity contribution in [1.29, 1.82) is 0 Å². The number of nitrogens with zero attached hydrogens (tertiary/aromatic N) is 1. The summed E-state index contributed by atoms with van der Waals surface area (Å²) in [5.74, 6) is 1.43. The predicted molar refractivity (Wildman–Crippen MR) is 84.2 cm³/mol. The fraction of sp³-hybridized carbons (Fsp3) is 0.588. The van der Waals surface area contributed by atoms with Gasteiger partial charge in [-0.1, -0.05) is 12.5 Å². The number of benzene rings is 1. The van der Waals surface area contributed by atoms with Crippen LogP contribution in [0.1, 0.15) is 31.7 Å². The first-order valence-electron chi connectivity index (χ1n) is 7.81. The number of hydrogen-bond acceptors (Lipinski definition) is 5. The first kappa shape index (κ1) is 16.6. The topological polar surface area (TPSA) is 48.0 Å². The zero-order valence-corrected chi connectivity index (χ0v) is 13.6. The normalized spacial score (nSPS) is 18.8. The lowest BCUT2D eigenvalue weighted by atomic mass is 10.0. The van der Waals surface area contributed by atoms with Gasteiger partial charge in [-0.25, -0.2) is 0 Å². The summed E-state index contributed by atoms with van der Waals surface area (Å²) in [7, 11) is 3.28. The molecule has 1 atom stereocenters. The molecule has 122 valence electrons. The Hall–Kier alpha value is -1.75. The van der Waals surface area contributed by atoms with Crippen LogP contribution in [0.5, 0.6) is 11.5 Å². The number of piperidine rings is 1. The summed E-state index contributed by atoms with van der Waals surface area (Å²) < 4.78 is 15.9. The second kappa shape index (κ2) is 8.03. The quantitative estimate of drug-likeness (QED) is 0.756. The molecule has 1 aromatic carbocycles. The molecule has 0 radical (unpaired) electrons. The number of carbonyl (C=O) groups excluding carboxylic acids is 1. The molecule has 1 heterocycles.